The summed E-state index contributed by atoms with van der Waals surface area (Å²) in [6, 6.07) is 7.86. The van der Waals surface area contributed by atoms with Gasteiger partial charge in [0.2, 0.25) is 0 Å². The molecule has 0 aliphatic carbocycles. The van der Waals surface area contributed by atoms with Gasteiger partial charge in [0.05, 0.1) is 0 Å². The maximum atomic E-state index is 9.43. The Morgan fingerprint density at radius 1 is 1.33 bits per heavy atom. The van der Waals surface area contributed by atoms with E-state index in [0.29, 0.717) is 0 Å². The molecule has 2 heteroatoms. The molecule has 15 heavy (non-hydrogen) atoms. The molecule has 1 rings (SSSR count). The molecule has 0 fully saturated rings. The van der Waals surface area contributed by atoms with Crippen molar-refractivity contribution in [3.63, 3.8) is 0 Å². The number of aliphatic hydroxyl groups excluding tert-OH is 1. The Hall–Kier alpha value is -0.530. The molecule has 0 aromatic heterocycles. The lowest BCUT2D eigenvalue weighted by atomic mass is 9.80. The van der Waals surface area contributed by atoms with E-state index in [1.54, 1.807) is 0 Å². The minimum atomic E-state index is -0.0419. The molecule has 0 bridgehead atoms. The second-order valence-electron chi connectivity index (χ2n) is 4.49. The predicted octanol–water partition coefficient (Wildman–Crippen LogP) is 3.68. The van der Waals surface area contributed by atoms with Gasteiger partial charge in [-0.25, -0.2) is 0 Å². The predicted molar refractivity (Wildman–Crippen MR) is 65.3 cm³/mol. The maximum absolute atomic E-state index is 9.43. The molecule has 0 saturated heterocycles. The summed E-state index contributed by atoms with van der Waals surface area (Å²) >= 11 is 6.11. The first-order valence-electron chi connectivity index (χ1n) is 5.45. The van der Waals surface area contributed by atoms with Gasteiger partial charge < -0.3 is 5.11 Å². The molecule has 0 heterocycles. The normalized spacial score (nSPS) is 14.9. The first kappa shape index (κ1) is 12.5. The maximum Gasteiger partial charge on any atom is 0.0487 e. The molecule has 0 amide bonds. The van der Waals surface area contributed by atoms with Crippen molar-refractivity contribution >= 4 is 11.6 Å². The van der Waals surface area contributed by atoms with Crippen molar-refractivity contribution in [2.75, 3.05) is 6.61 Å². The first-order chi connectivity index (χ1) is 7.11. The second-order valence-corrected chi connectivity index (χ2v) is 4.89. The zero-order valence-electron chi connectivity index (χ0n) is 9.46. The molecule has 1 nitrogen and oxygen atoms in total. The van der Waals surface area contributed by atoms with Crippen molar-refractivity contribution in [1.82, 2.24) is 0 Å². The van der Waals surface area contributed by atoms with Crippen molar-refractivity contribution < 1.29 is 5.11 Å². The molecular formula is C13H19ClO. The van der Waals surface area contributed by atoms with Crippen LogP contribution in [0.15, 0.2) is 24.3 Å². The number of rotatable bonds is 5. The van der Waals surface area contributed by atoms with Gasteiger partial charge >= 0.3 is 0 Å². The van der Waals surface area contributed by atoms with E-state index >= 15 is 0 Å². The smallest absolute Gasteiger partial charge is 0.0487 e. The summed E-state index contributed by atoms with van der Waals surface area (Å²) in [7, 11) is 0. The molecule has 84 valence electrons. The number of hydrogen-bond acceptors (Lipinski definition) is 1. The molecule has 0 aliphatic rings. The molecule has 1 aromatic rings. The summed E-state index contributed by atoms with van der Waals surface area (Å²) in [4.78, 5) is 0. The van der Waals surface area contributed by atoms with E-state index < -0.39 is 0 Å². The Morgan fingerprint density at radius 2 is 2.00 bits per heavy atom. The van der Waals surface area contributed by atoms with Crippen molar-refractivity contribution in [3.05, 3.63) is 34.9 Å². The van der Waals surface area contributed by atoms with Crippen LogP contribution < -0.4 is 0 Å². The highest BCUT2D eigenvalue weighted by atomic mass is 35.5. The van der Waals surface area contributed by atoms with Crippen LogP contribution in [-0.4, -0.2) is 11.7 Å². The van der Waals surface area contributed by atoms with Gasteiger partial charge in [-0.05, 0) is 29.9 Å². The van der Waals surface area contributed by atoms with E-state index in [1.807, 2.05) is 24.3 Å². The average Bonchev–Trinajstić information content (AvgIpc) is 2.22. The van der Waals surface area contributed by atoms with Crippen molar-refractivity contribution in [2.45, 2.75) is 33.1 Å². The highest BCUT2D eigenvalue weighted by molar-refractivity contribution is 6.31. The van der Waals surface area contributed by atoms with Gasteiger partial charge in [-0.1, -0.05) is 50.1 Å². The second kappa shape index (κ2) is 5.53. The van der Waals surface area contributed by atoms with Crippen LogP contribution in [-0.2, 0) is 6.42 Å². The van der Waals surface area contributed by atoms with Crippen LogP contribution in [0, 0.1) is 5.41 Å². The quantitative estimate of drug-likeness (QED) is 0.812. The zero-order chi connectivity index (χ0) is 11.3. The summed E-state index contributed by atoms with van der Waals surface area (Å²) in [6.45, 7) is 4.46. The Kier molecular flexibility index (Phi) is 4.62. The lowest BCUT2D eigenvalue weighted by Crippen LogP contribution is -2.24. The largest absolute Gasteiger partial charge is 0.396 e. The Balaban J connectivity index is 2.79. The van der Waals surface area contributed by atoms with Gasteiger partial charge in [-0.2, -0.15) is 0 Å². The first-order valence-corrected chi connectivity index (χ1v) is 5.83. The van der Waals surface area contributed by atoms with E-state index in [1.165, 1.54) is 0 Å². The van der Waals surface area contributed by atoms with Crippen molar-refractivity contribution in [2.24, 2.45) is 5.41 Å². The van der Waals surface area contributed by atoms with Crippen molar-refractivity contribution in [1.29, 1.82) is 0 Å². The van der Waals surface area contributed by atoms with Gasteiger partial charge in [-0.3, -0.25) is 0 Å². The molecule has 0 aliphatic heterocycles. The zero-order valence-corrected chi connectivity index (χ0v) is 10.2. The van der Waals surface area contributed by atoms with Crippen LogP contribution >= 0.6 is 11.6 Å². The van der Waals surface area contributed by atoms with Crippen molar-refractivity contribution in [3.8, 4) is 0 Å². The molecule has 1 N–H and O–H groups in total. The van der Waals surface area contributed by atoms with E-state index in [4.69, 9.17) is 11.6 Å². The molecule has 1 unspecified atom stereocenters. The fraction of sp³-hybridized carbons (Fsp3) is 0.538. The van der Waals surface area contributed by atoms with E-state index in [0.717, 1.165) is 29.8 Å². The third-order valence-corrected chi connectivity index (χ3v) is 3.18. The van der Waals surface area contributed by atoms with Gasteiger partial charge in [0.1, 0.15) is 0 Å². The Labute approximate surface area is 97.1 Å². The fourth-order valence-electron chi connectivity index (χ4n) is 1.93. The topological polar surface area (TPSA) is 20.2 Å². The average molecular weight is 227 g/mol. The summed E-state index contributed by atoms with van der Waals surface area (Å²) in [5.41, 5.74) is 1.09. The standard InChI is InChI=1S/C13H19ClO/c1-3-8-13(2,10-15)9-11-6-4-5-7-12(11)14/h4-7,15H,3,8-10H2,1-2H3. The monoisotopic (exact) mass is 226 g/mol. The highest BCUT2D eigenvalue weighted by Crippen LogP contribution is 2.30. The molecule has 1 aromatic carbocycles. The summed E-state index contributed by atoms with van der Waals surface area (Å²) in [5.74, 6) is 0. The van der Waals surface area contributed by atoms with Gasteiger partial charge in [-0.15, -0.1) is 0 Å². The molecular weight excluding hydrogens is 208 g/mol. The third-order valence-electron chi connectivity index (χ3n) is 2.81. The van der Waals surface area contributed by atoms with Crippen LogP contribution in [0.2, 0.25) is 5.02 Å². The number of halogens is 1. The molecule has 0 radical (unpaired) electrons. The fourth-order valence-corrected chi connectivity index (χ4v) is 2.13. The number of benzene rings is 1. The highest BCUT2D eigenvalue weighted by Gasteiger charge is 2.23. The summed E-state index contributed by atoms with van der Waals surface area (Å²) in [5, 5.41) is 10.2. The SMILES string of the molecule is CCCC(C)(CO)Cc1ccccc1Cl. The third kappa shape index (κ3) is 3.51. The van der Waals surface area contributed by atoms with Crippen LogP contribution in [0.1, 0.15) is 32.3 Å². The summed E-state index contributed by atoms with van der Waals surface area (Å²) < 4.78 is 0. The van der Waals surface area contributed by atoms with Crippen LogP contribution in [0.4, 0.5) is 0 Å². The number of hydrogen-bond donors (Lipinski definition) is 1. The Morgan fingerprint density at radius 3 is 2.53 bits per heavy atom. The van der Waals surface area contributed by atoms with E-state index in [2.05, 4.69) is 13.8 Å². The summed E-state index contributed by atoms with van der Waals surface area (Å²) in [6.07, 6.45) is 2.95. The van der Waals surface area contributed by atoms with Crippen LogP contribution in [0.3, 0.4) is 0 Å². The molecule has 1 atom stereocenters. The lowest BCUT2D eigenvalue weighted by Gasteiger charge is -2.27. The minimum absolute atomic E-state index is 0.0419. The minimum Gasteiger partial charge on any atom is -0.396 e. The molecule has 0 saturated carbocycles. The van der Waals surface area contributed by atoms with E-state index in [-0.39, 0.29) is 12.0 Å². The lowest BCUT2D eigenvalue weighted by molar-refractivity contribution is 0.131. The van der Waals surface area contributed by atoms with E-state index in [9.17, 15) is 5.11 Å². The van der Waals surface area contributed by atoms with Crippen LogP contribution in [0.5, 0.6) is 0 Å². The van der Waals surface area contributed by atoms with Crippen LogP contribution in [0.25, 0.3) is 0 Å². The number of aliphatic hydroxyl groups is 1. The van der Waals surface area contributed by atoms with Gasteiger partial charge in [0.15, 0.2) is 0 Å². The van der Waals surface area contributed by atoms with Gasteiger partial charge in [0, 0.05) is 11.6 Å². The van der Waals surface area contributed by atoms with Gasteiger partial charge in [0.25, 0.3) is 0 Å². The Bertz CT molecular complexity index is 311. The molecule has 0 spiro atoms.